The topological polar surface area (TPSA) is 151 Å². The van der Waals surface area contributed by atoms with Gasteiger partial charge in [-0.2, -0.15) is 0 Å². The average Bonchev–Trinajstić information content (AvgIpc) is 3.51. The molecule has 4 aromatic rings. The van der Waals surface area contributed by atoms with Gasteiger partial charge in [-0.3, -0.25) is 10.1 Å². The van der Waals surface area contributed by atoms with Crippen molar-refractivity contribution in [2.75, 3.05) is 36.4 Å². The number of nitrogens with two attached hydrogens (primary N) is 1. The first kappa shape index (κ1) is 29.8. The average molecular weight is 598 g/mol. The standard InChI is InChI=1S/C33H31N3O8/c34-26-11-4-5-12-27(26)36-31(38)16-15-29(43-24-8-2-1-3-9-24)32(22-7-6-10-25(19-22)40-18-17-37)44-33(39)35-23-13-14-28-30(20-23)42-21-41-28/h1-16,19-20,29,32,37H,17-18,21,34H2,(H,35,39)(H,36,38)/b16-15+/t29-,32-/m1/s1. The van der Waals surface area contributed by atoms with Crippen molar-refractivity contribution in [1.82, 2.24) is 0 Å². The molecule has 0 saturated carbocycles. The molecule has 226 valence electrons. The summed E-state index contributed by atoms with van der Waals surface area (Å²) in [6.07, 6.45) is -0.0359. The largest absolute Gasteiger partial charge is 0.491 e. The third-order valence-corrected chi connectivity index (χ3v) is 6.37. The maximum absolute atomic E-state index is 13.3. The molecule has 1 heterocycles. The highest BCUT2D eigenvalue weighted by Crippen LogP contribution is 2.35. The summed E-state index contributed by atoms with van der Waals surface area (Å²) in [4.78, 5) is 26.2. The molecule has 11 heteroatoms. The van der Waals surface area contributed by atoms with Gasteiger partial charge in [-0.15, -0.1) is 0 Å². The van der Waals surface area contributed by atoms with Gasteiger partial charge in [0.25, 0.3) is 0 Å². The molecule has 11 nitrogen and oxygen atoms in total. The second-order valence-corrected chi connectivity index (χ2v) is 9.49. The van der Waals surface area contributed by atoms with E-state index in [2.05, 4.69) is 10.6 Å². The van der Waals surface area contributed by atoms with E-state index in [1.165, 1.54) is 12.2 Å². The Kier molecular flexibility index (Phi) is 9.80. The summed E-state index contributed by atoms with van der Waals surface area (Å²) in [6.45, 7) is -0.00684. The zero-order chi connectivity index (χ0) is 30.7. The SMILES string of the molecule is Nc1ccccc1NC(=O)/C=C/[C@@H](Oc1ccccc1)[C@H](OC(=O)Nc1ccc2c(c1)OCO2)c1cccc(OCCO)c1. The number of hydrogen-bond donors (Lipinski definition) is 4. The number of carbonyl (C=O) groups excluding carboxylic acids is 2. The number of anilines is 3. The van der Waals surface area contributed by atoms with E-state index in [0.29, 0.717) is 45.6 Å². The van der Waals surface area contributed by atoms with Crippen molar-refractivity contribution >= 4 is 29.1 Å². The number of amides is 2. The number of rotatable bonds is 12. The van der Waals surface area contributed by atoms with Crippen LogP contribution in [0.3, 0.4) is 0 Å². The van der Waals surface area contributed by atoms with Gasteiger partial charge in [-0.1, -0.05) is 42.5 Å². The number of carbonyl (C=O) groups is 2. The monoisotopic (exact) mass is 597 g/mol. The number of benzene rings is 4. The van der Waals surface area contributed by atoms with Crippen molar-refractivity contribution in [2.45, 2.75) is 12.2 Å². The van der Waals surface area contributed by atoms with Crippen molar-refractivity contribution in [3.8, 4) is 23.0 Å². The zero-order valence-corrected chi connectivity index (χ0v) is 23.6. The number of para-hydroxylation sites is 3. The van der Waals surface area contributed by atoms with E-state index in [-0.39, 0.29) is 20.0 Å². The van der Waals surface area contributed by atoms with E-state index >= 15 is 0 Å². The molecule has 0 bridgehead atoms. The maximum Gasteiger partial charge on any atom is 0.412 e. The highest BCUT2D eigenvalue weighted by molar-refractivity contribution is 6.01. The summed E-state index contributed by atoms with van der Waals surface area (Å²) in [5.74, 6) is 1.52. The Bertz CT molecular complexity index is 1610. The molecule has 0 aromatic heterocycles. The summed E-state index contributed by atoms with van der Waals surface area (Å²) in [7, 11) is 0. The molecule has 2 amide bonds. The number of nitrogens with one attached hydrogen (secondary N) is 2. The van der Waals surface area contributed by atoms with E-state index in [9.17, 15) is 14.7 Å². The lowest BCUT2D eigenvalue weighted by Gasteiger charge is -2.26. The summed E-state index contributed by atoms with van der Waals surface area (Å²) in [5, 5.41) is 14.7. The Balaban J connectivity index is 1.44. The lowest BCUT2D eigenvalue weighted by molar-refractivity contribution is -0.112. The predicted octanol–water partition coefficient (Wildman–Crippen LogP) is 5.30. The van der Waals surface area contributed by atoms with Crippen molar-refractivity contribution in [2.24, 2.45) is 0 Å². The van der Waals surface area contributed by atoms with Gasteiger partial charge in [-0.05, 0) is 54.6 Å². The predicted molar refractivity (Wildman–Crippen MR) is 164 cm³/mol. The summed E-state index contributed by atoms with van der Waals surface area (Å²) in [6, 6.07) is 27.6. The molecule has 0 radical (unpaired) electrons. The van der Waals surface area contributed by atoms with Crippen LogP contribution in [0.5, 0.6) is 23.0 Å². The second kappa shape index (κ2) is 14.5. The number of fused-ring (bicyclic) bond motifs is 1. The first-order chi connectivity index (χ1) is 21.5. The van der Waals surface area contributed by atoms with Gasteiger partial charge < -0.3 is 39.8 Å². The fourth-order valence-corrected chi connectivity index (χ4v) is 4.33. The van der Waals surface area contributed by atoms with Crippen LogP contribution in [0.15, 0.2) is 109 Å². The quantitative estimate of drug-likeness (QED) is 0.126. The van der Waals surface area contributed by atoms with Crippen molar-refractivity contribution < 1.29 is 38.4 Å². The summed E-state index contributed by atoms with van der Waals surface area (Å²) in [5.41, 5.74) is 7.78. The van der Waals surface area contributed by atoms with Crippen LogP contribution < -0.4 is 35.3 Å². The molecule has 44 heavy (non-hydrogen) atoms. The molecule has 5 rings (SSSR count). The smallest absolute Gasteiger partial charge is 0.412 e. The minimum Gasteiger partial charge on any atom is -0.491 e. The van der Waals surface area contributed by atoms with Crippen LogP contribution in [0, 0.1) is 0 Å². The molecule has 0 spiro atoms. The van der Waals surface area contributed by atoms with Gasteiger partial charge in [0, 0.05) is 23.4 Å². The minimum atomic E-state index is -1.06. The zero-order valence-electron chi connectivity index (χ0n) is 23.6. The molecular weight excluding hydrogens is 566 g/mol. The van der Waals surface area contributed by atoms with E-state index in [1.807, 2.05) is 6.07 Å². The van der Waals surface area contributed by atoms with Crippen molar-refractivity contribution in [3.63, 3.8) is 0 Å². The number of aliphatic hydroxyl groups is 1. The normalized spacial score (nSPS) is 13.1. The molecule has 0 unspecified atom stereocenters. The van der Waals surface area contributed by atoms with Crippen LogP contribution in [0.4, 0.5) is 21.9 Å². The third kappa shape index (κ3) is 7.99. The molecule has 4 aromatic carbocycles. The lowest BCUT2D eigenvalue weighted by atomic mass is 10.0. The Morgan fingerprint density at radius 3 is 2.48 bits per heavy atom. The third-order valence-electron chi connectivity index (χ3n) is 6.37. The minimum absolute atomic E-state index is 0.0756. The molecule has 0 aliphatic carbocycles. The van der Waals surface area contributed by atoms with Gasteiger partial charge in [0.15, 0.2) is 23.7 Å². The number of nitrogen functional groups attached to an aromatic ring is 1. The highest BCUT2D eigenvalue weighted by atomic mass is 16.7. The van der Waals surface area contributed by atoms with Gasteiger partial charge in [0.05, 0.1) is 18.0 Å². The van der Waals surface area contributed by atoms with Gasteiger partial charge in [-0.25, -0.2) is 4.79 Å². The van der Waals surface area contributed by atoms with Gasteiger partial charge in [0.1, 0.15) is 18.1 Å². The van der Waals surface area contributed by atoms with Crippen molar-refractivity contribution in [3.05, 3.63) is 115 Å². The fourth-order valence-electron chi connectivity index (χ4n) is 4.33. The van der Waals surface area contributed by atoms with Crippen LogP contribution in [0.1, 0.15) is 11.7 Å². The number of hydrogen-bond acceptors (Lipinski definition) is 9. The highest BCUT2D eigenvalue weighted by Gasteiger charge is 2.29. The first-order valence-corrected chi connectivity index (χ1v) is 13.7. The Morgan fingerprint density at radius 2 is 1.66 bits per heavy atom. The van der Waals surface area contributed by atoms with Crippen LogP contribution in [-0.2, 0) is 9.53 Å². The van der Waals surface area contributed by atoms with E-state index in [0.717, 1.165) is 0 Å². The van der Waals surface area contributed by atoms with Crippen LogP contribution in [0.25, 0.3) is 0 Å². The fraction of sp³-hybridized carbons (Fsp3) is 0.152. The molecule has 2 atom stereocenters. The first-order valence-electron chi connectivity index (χ1n) is 13.7. The molecule has 0 saturated heterocycles. The molecule has 0 fully saturated rings. The van der Waals surface area contributed by atoms with E-state index in [4.69, 9.17) is 29.4 Å². The summed E-state index contributed by atoms with van der Waals surface area (Å²) < 4.78 is 28.6. The van der Waals surface area contributed by atoms with Gasteiger partial charge >= 0.3 is 6.09 Å². The molecule has 1 aliphatic rings. The molecule has 5 N–H and O–H groups in total. The van der Waals surface area contributed by atoms with E-state index in [1.54, 1.807) is 91.0 Å². The Labute approximate surface area is 253 Å². The van der Waals surface area contributed by atoms with Gasteiger partial charge in [0.2, 0.25) is 12.7 Å². The molecule has 1 aliphatic heterocycles. The lowest BCUT2D eigenvalue weighted by Crippen LogP contribution is -2.30. The number of ether oxygens (including phenoxy) is 5. The van der Waals surface area contributed by atoms with Crippen molar-refractivity contribution in [1.29, 1.82) is 0 Å². The Hall–Kier alpha value is -5.68. The van der Waals surface area contributed by atoms with Crippen LogP contribution in [-0.4, -0.2) is 43.2 Å². The summed E-state index contributed by atoms with van der Waals surface area (Å²) >= 11 is 0. The molecular formula is C33H31N3O8. The van der Waals surface area contributed by atoms with E-state index < -0.39 is 24.2 Å². The second-order valence-electron chi connectivity index (χ2n) is 9.49. The van der Waals surface area contributed by atoms with Crippen LogP contribution in [0.2, 0.25) is 0 Å². The number of aliphatic hydroxyl groups excluding tert-OH is 1. The Morgan fingerprint density at radius 1 is 0.886 bits per heavy atom. The van der Waals surface area contributed by atoms with Crippen LogP contribution >= 0.6 is 0 Å². The maximum atomic E-state index is 13.3.